The minimum absolute atomic E-state index is 0.158. The minimum Gasteiger partial charge on any atom is -0.335 e. The average molecular weight is 253 g/mol. The van der Waals surface area contributed by atoms with Crippen LogP contribution in [0, 0.1) is 5.92 Å². The first-order valence-corrected chi connectivity index (χ1v) is 7.46. The van der Waals surface area contributed by atoms with Crippen LogP contribution < -0.4 is 5.32 Å². The second kappa shape index (κ2) is 6.41. The highest BCUT2D eigenvalue weighted by Gasteiger charge is 2.24. The maximum Gasteiger partial charge on any atom is 0.317 e. The summed E-state index contributed by atoms with van der Waals surface area (Å²) in [7, 11) is 0. The van der Waals surface area contributed by atoms with Gasteiger partial charge in [-0.3, -0.25) is 0 Å². The first-order chi connectivity index (χ1) is 8.69. The number of carbonyl (C=O) groups is 1. The number of rotatable bonds is 2. The van der Waals surface area contributed by atoms with E-state index in [4.69, 9.17) is 0 Å². The van der Waals surface area contributed by atoms with Gasteiger partial charge in [0.2, 0.25) is 0 Å². The summed E-state index contributed by atoms with van der Waals surface area (Å²) in [4.78, 5) is 16.5. The fourth-order valence-corrected chi connectivity index (χ4v) is 2.94. The molecule has 1 aliphatic carbocycles. The van der Waals surface area contributed by atoms with Gasteiger partial charge in [-0.15, -0.1) is 0 Å². The maximum absolute atomic E-state index is 12.1. The van der Waals surface area contributed by atoms with Crippen molar-refractivity contribution >= 4 is 6.03 Å². The minimum atomic E-state index is 0.158. The number of likely N-dealkylation sites (N-methyl/N-ethyl adjacent to an activating group) is 1. The van der Waals surface area contributed by atoms with Crippen LogP contribution in [-0.4, -0.2) is 54.6 Å². The second-order valence-corrected chi connectivity index (χ2v) is 5.83. The van der Waals surface area contributed by atoms with Crippen LogP contribution in [-0.2, 0) is 0 Å². The molecule has 1 aliphatic heterocycles. The number of amides is 2. The molecule has 18 heavy (non-hydrogen) atoms. The molecule has 4 heteroatoms. The molecule has 1 N–H and O–H groups in total. The highest BCUT2D eigenvalue weighted by Crippen LogP contribution is 2.23. The van der Waals surface area contributed by atoms with E-state index in [0.29, 0.717) is 6.04 Å². The molecule has 4 nitrogen and oxygen atoms in total. The Balaban J connectivity index is 1.72. The van der Waals surface area contributed by atoms with Gasteiger partial charge in [-0.1, -0.05) is 13.8 Å². The Labute approximate surface area is 111 Å². The van der Waals surface area contributed by atoms with Gasteiger partial charge in [-0.25, -0.2) is 4.79 Å². The molecule has 0 bridgehead atoms. The maximum atomic E-state index is 12.1. The van der Waals surface area contributed by atoms with E-state index in [1.807, 2.05) is 4.90 Å². The molecule has 0 aromatic carbocycles. The van der Waals surface area contributed by atoms with E-state index < -0.39 is 0 Å². The SMILES string of the molecule is CCN1CCN(C(=O)NC2CCC(C)CC2)CC1. The summed E-state index contributed by atoms with van der Waals surface area (Å²) in [6.07, 6.45) is 4.83. The van der Waals surface area contributed by atoms with Crippen molar-refractivity contribution in [1.82, 2.24) is 15.1 Å². The van der Waals surface area contributed by atoms with Crippen molar-refractivity contribution in [1.29, 1.82) is 0 Å². The molecule has 1 heterocycles. The molecule has 2 amide bonds. The van der Waals surface area contributed by atoms with Gasteiger partial charge in [0.1, 0.15) is 0 Å². The number of piperazine rings is 1. The summed E-state index contributed by atoms with van der Waals surface area (Å²) in [5, 5.41) is 3.21. The molecule has 2 rings (SSSR count). The zero-order valence-electron chi connectivity index (χ0n) is 11.8. The Morgan fingerprint density at radius 1 is 1.11 bits per heavy atom. The number of carbonyl (C=O) groups excluding carboxylic acids is 1. The molecular weight excluding hydrogens is 226 g/mol. The fourth-order valence-electron chi connectivity index (χ4n) is 2.94. The van der Waals surface area contributed by atoms with Crippen molar-refractivity contribution in [3.8, 4) is 0 Å². The third-order valence-electron chi connectivity index (χ3n) is 4.45. The van der Waals surface area contributed by atoms with E-state index in [1.165, 1.54) is 12.8 Å². The van der Waals surface area contributed by atoms with Gasteiger partial charge >= 0.3 is 6.03 Å². The van der Waals surface area contributed by atoms with Gasteiger partial charge in [0.15, 0.2) is 0 Å². The molecule has 0 spiro atoms. The molecule has 104 valence electrons. The van der Waals surface area contributed by atoms with Crippen LogP contribution in [0.1, 0.15) is 39.5 Å². The first-order valence-electron chi connectivity index (χ1n) is 7.46. The molecule has 0 aromatic heterocycles. The Morgan fingerprint density at radius 2 is 1.72 bits per heavy atom. The molecule has 0 aromatic rings. The highest BCUT2D eigenvalue weighted by molar-refractivity contribution is 5.74. The highest BCUT2D eigenvalue weighted by atomic mass is 16.2. The Bertz CT molecular complexity index is 266. The average Bonchev–Trinajstić information content (AvgIpc) is 2.41. The van der Waals surface area contributed by atoms with Crippen LogP contribution >= 0.6 is 0 Å². The van der Waals surface area contributed by atoms with Crippen molar-refractivity contribution in [3.05, 3.63) is 0 Å². The van der Waals surface area contributed by atoms with Crippen LogP contribution in [0.25, 0.3) is 0 Å². The van der Waals surface area contributed by atoms with Crippen molar-refractivity contribution in [2.75, 3.05) is 32.7 Å². The predicted molar refractivity (Wildman–Crippen MR) is 73.6 cm³/mol. The van der Waals surface area contributed by atoms with Crippen LogP contribution in [0.15, 0.2) is 0 Å². The smallest absolute Gasteiger partial charge is 0.317 e. The van der Waals surface area contributed by atoms with E-state index in [2.05, 4.69) is 24.1 Å². The van der Waals surface area contributed by atoms with Crippen molar-refractivity contribution in [2.45, 2.75) is 45.6 Å². The first kappa shape index (κ1) is 13.7. The van der Waals surface area contributed by atoms with E-state index in [-0.39, 0.29) is 6.03 Å². The van der Waals surface area contributed by atoms with Crippen LogP contribution in [0.5, 0.6) is 0 Å². The van der Waals surface area contributed by atoms with Crippen LogP contribution in [0.3, 0.4) is 0 Å². The summed E-state index contributed by atoms with van der Waals surface area (Å²) < 4.78 is 0. The molecule has 0 unspecified atom stereocenters. The van der Waals surface area contributed by atoms with Crippen LogP contribution in [0.4, 0.5) is 4.79 Å². The van der Waals surface area contributed by atoms with Gasteiger partial charge in [-0.05, 0) is 38.1 Å². The van der Waals surface area contributed by atoms with E-state index in [1.54, 1.807) is 0 Å². The summed E-state index contributed by atoms with van der Waals surface area (Å²) in [6, 6.07) is 0.572. The molecular formula is C14H27N3O. The van der Waals surface area contributed by atoms with Crippen molar-refractivity contribution < 1.29 is 4.79 Å². The topological polar surface area (TPSA) is 35.6 Å². The Morgan fingerprint density at radius 3 is 2.28 bits per heavy atom. The van der Waals surface area contributed by atoms with E-state index in [0.717, 1.165) is 51.5 Å². The van der Waals surface area contributed by atoms with Crippen molar-refractivity contribution in [2.24, 2.45) is 5.92 Å². The number of hydrogen-bond donors (Lipinski definition) is 1. The van der Waals surface area contributed by atoms with Gasteiger partial charge < -0.3 is 15.1 Å². The number of hydrogen-bond acceptors (Lipinski definition) is 2. The van der Waals surface area contributed by atoms with Gasteiger partial charge in [0, 0.05) is 32.2 Å². The third-order valence-corrected chi connectivity index (χ3v) is 4.45. The molecule has 2 fully saturated rings. The number of nitrogens with zero attached hydrogens (tertiary/aromatic N) is 2. The Hall–Kier alpha value is -0.770. The van der Waals surface area contributed by atoms with E-state index >= 15 is 0 Å². The largest absolute Gasteiger partial charge is 0.335 e. The molecule has 0 radical (unpaired) electrons. The van der Waals surface area contributed by atoms with Crippen molar-refractivity contribution in [3.63, 3.8) is 0 Å². The van der Waals surface area contributed by atoms with Gasteiger partial charge in [0.25, 0.3) is 0 Å². The lowest BCUT2D eigenvalue weighted by Gasteiger charge is -2.35. The van der Waals surface area contributed by atoms with Gasteiger partial charge in [-0.2, -0.15) is 0 Å². The lowest BCUT2D eigenvalue weighted by molar-refractivity contribution is 0.138. The number of urea groups is 1. The zero-order valence-corrected chi connectivity index (χ0v) is 11.8. The van der Waals surface area contributed by atoms with Crippen LogP contribution in [0.2, 0.25) is 0 Å². The molecule has 1 saturated carbocycles. The number of nitrogens with one attached hydrogen (secondary N) is 1. The Kier molecular flexibility index (Phi) is 4.87. The standard InChI is InChI=1S/C14H27N3O/c1-3-16-8-10-17(11-9-16)14(18)15-13-6-4-12(2)5-7-13/h12-13H,3-11H2,1-2H3,(H,15,18). The molecule has 0 atom stereocenters. The normalized spacial score (nSPS) is 30.2. The van der Waals surface area contributed by atoms with E-state index in [9.17, 15) is 4.79 Å². The lowest BCUT2D eigenvalue weighted by Crippen LogP contribution is -2.53. The summed E-state index contributed by atoms with van der Waals surface area (Å²) in [5.41, 5.74) is 0. The second-order valence-electron chi connectivity index (χ2n) is 5.83. The quantitative estimate of drug-likeness (QED) is 0.816. The molecule has 1 saturated heterocycles. The monoisotopic (exact) mass is 253 g/mol. The van der Waals surface area contributed by atoms with Gasteiger partial charge in [0.05, 0.1) is 0 Å². The lowest BCUT2D eigenvalue weighted by atomic mass is 9.87. The fraction of sp³-hybridized carbons (Fsp3) is 0.929. The molecule has 2 aliphatic rings. The summed E-state index contributed by atoms with van der Waals surface area (Å²) in [5.74, 6) is 0.839. The summed E-state index contributed by atoms with van der Waals surface area (Å²) >= 11 is 0. The summed E-state index contributed by atoms with van der Waals surface area (Å²) in [6.45, 7) is 9.37. The predicted octanol–water partition coefficient (Wildman–Crippen LogP) is 1.91. The zero-order chi connectivity index (χ0) is 13.0. The third kappa shape index (κ3) is 3.61.